The molecule has 0 spiro atoms. The van der Waals surface area contributed by atoms with Gasteiger partial charge in [0.25, 0.3) is 0 Å². The zero-order valence-corrected chi connectivity index (χ0v) is 10.7. The monoisotopic (exact) mass is 225 g/mol. The minimum atomic E-state index is 0.452. The molecule has 0 unspecified atom stereocenters. The predicted octanol–water partition coefficient (Wildman–Crippen LogP) is 2.68. The van der Waals surface area contributed by atoms with Gasteiger partial charge < -0.3 is 5.32 Å². The molecule has 1 N–H and O–H groups in total. The van der Waals surface area contributed by atoms with E-state index in [1.165, 1.54) is 0 Å². The number of thioether (sulfide) groups is 1. The van der Waals surface area contributed by atoms with Crippen molar-refractivity contribution in [1.29, 1.82) is 0 Å². The number of aromatic nitrogens is 2. The van der Waals surface area contributed by atoms with Gasteiger partial charge >= 0.3 is 0 Å². The maximum absolute atomic E-state index is 4.47. The summed E-state index contributed by atoms with van der Waals surface area (Å²) >= 11 is 1.82. The number of aryl methyl sites for hydroxylation is 1. The summed E-state index contributed by atoms with van der Waals surface area (Å²) in [5.74, 6) is 2.29. The lowest BCUT2D eigenvalue weighted by atomic mass is 10.1. The van der Waals surface area contributed by atoms with E-state index in [4.69, 9.17) is 0 Å². The number of anilines is 1. The molecule has 0 fully saturated rings. The highest BCUT2D eigenvalue weighted by Crippen LogP contribution is 2.14. The van der Waals surface area contributed by atoms with Gasteiger partial charge in [0.15, 0.2) is 0 Å². The van der Waals surface area contributed by atoms with Gasteiger partial charge in [0.05, 0.1) is 0 Å². The van der Waals surface area contributed by atoms with Crippen molar-refractivity contribution in [3.63, 3.8) is 0 Å². The summed E-state index contributed by atoms with van der Waals surface area (Å²) in [6.07, 6.45) is 2.10. The third kappa shape index (κ3) is 4.08. The second-order valence-electron chi connectivity index (χ2n) is 3.83. The van der Waals surface area contributed by atoms with E-state index in [-0.39, 0.29) is 0 Å². The summed E-state index contributed by atoms with van der Waals surface area (Å²) in [5, 5.41) is 3.24. The SMILES string of the molecule is CSCCNc1nc(C)cc(C(C)C)n1. The summed E-state index contributed by atoms with van der Waals surface area (Å²) in [5.41, 5.74) is 2.13. The Balaban J connectivity index is 2.71. The van der Waals surface area contributed by atoms with Crippen LogP contribution in [0.4, 0.5) is 5.95 Å². The molecule has 0 bridgehead atoms. The number of hydrogen-bond donors (Lipinski definition) is 1. The Morgan fingerprint density at radius 1 is 1.40 bits per heavy atom. The molecule has 0 amide bonds. The first-order chi connectivity index (χ1) is 7.13. The van der Waals surface area contributed by atoms with E-state index in [0.717, 1.165) is 29.6 Å². The summed E-state index contributed by atoms with van der Waals surface area (Å²) < 4.78 is 0. The molecule has 0 aliphatic carbocycles. The average molecular weight is 225 g/mol. The lowest BCUT2D eigenvalue weighted by Gasteiger charge is -2.09. The molecule has 15 heavy (non-hydrogen) atoms. The molecular formula is C11H19N3S. The summed E-state index contributed by atoms with van der Waals surface area (Å²) in [6, 6.07) is 2.05. The van der Waals surface area contributed by atoms with E-state index in [0.29, 0.717) is 5.92 Å². The van der Waals surface area contributed by atoms with Crippen LogP contribution < -0.4 is 5.32 Å². The first-order valence-corrected chi connectivity index (χ1v) is 6.61. The van der Waals surface area contributed by atoms with E-state index in [9.17, 15) is 0 Å². The number of hydrogen-bond acceptors (Lipinski definition) is 4. The molecule has 0 aliphatic heterocycles. The summed E-state index contributed by atoms with van der Waals surface area (Å²) in [6.45, 7) is 7.22. The van der Waals surface area contributed by atoms with Gasteiger partial charge in [0, 0.05) is 23.7 Å². The van der Waals surface area contributed by atoms with Crippen LogP contribution >= 0.6 is 11.8 Å². The van der Waals surface area contributed by atoms with E-state index in [1.54, 1.807) is 0 Å². The van der Waals surface area contributed by atoms with Gasteiger partial charge in [-0.2, -0.15) is 11.8 Å². The van der Waals surface area contributed by atoms with Crippen LogP contribution in [0.15, 0.2) is 6.07 Å². The quantitative estimate of drug-likeness (QED) is 0.782. The second-order valence-corrected chi connectivity index (χ2v) is 4.82. The molecule has 0 aromatic carbocycles. The van der Waals surface area contributed by atoms with Crippen LogP contribution in [0.5, 0.6) is 0 Å². The maximum atomic E-state index is 4.47. The number of nitrogens with one attached hydrogen (secondary N) is 1. The van der Waals surface area contributed by atoms with E-state index < -0.39 is 0 Å². The highest BCUT2D eigenvalue weighted by Gasteiger charge is 2.04. The van der Waals surface area contributed by atoms with Crippen LogP contribution in [-0.4, -0.2) is 28.5 Å². The molecule has 0 atom stereocenters. The highest BCUT2D eigenvalue weighted by molar-refractivity contribution is 7.98. The summed E-state index contributed by atoms with van der Waals surface area (Å²) in [7, 11) is 0. The molecule has 84 valence electrons. The Morgan fingerprint density at radius 3 is 2.73 bits per heavy atom. The van der Waals surface area contributed by atoms with Crippen LogP contribution in [0.25, 0.3) is 0 Å². The molecule has 0 aliphatic rings. The van der Waals surface area contributed by atoms with Crippen molar-refractivity contribution in [1.82, 2.24) is 9.97 Å². The molecule has 1 aromatic rings. The fourth-order valence-electron chi connectivity index (χ4n) is 1.23. The zero-order chi connectivity index (χ0) is 11.3. The predicted molar refractivity (Wildman–Crippen MR) is 67.7 cm³/mol. The number of rotatable bonds is 5. The van der Waals surface area contributed by atoms with Crippen LogP contribution in [0, 0.1) is 6.92 Å². The van der Waals surface area contributed by atoms with Crippen molar-refractivity contribution in [2.75, 3.05) is 23.9 Å². The van der Waals surface area contributed by atoms with Crippen molar-refractivity contribution in [3.05, 3.63) is 17.5 Å². The maximum Gasteiger partial charge on any atom is 0.223 e. The van der Waals surface area contributed by atoms with Gasteiger partial charge in [-0.05, 0) is 25.2 Å². The van der Waals surface area contributed by atoms with E-state index in [1.807, 2.05) is 24.8 Å². The van der Waals surface area contributed by atoms with Crippen molar-refractivity contribution in [2.24, 2.45) is 0 Å². The first-order valence-electron chi connectivity index (χ1n) is 5.22. The third-order valence-corrected chi connectivity index (χ3v) is 2.67. The van der Waals surface area contributed by atoms with Crippen LogP contribution in [0.3, 0.4) is 0 Å². The third-order valence-electron chi connectivity index (χ3n) is 2.05. The fourth-order valence-corrected chi connectivity index (χ4v) is 1.54. The van der Waals surface area contributed by atoms with Gasteiger partial charge in [-0.25, -0.2) is 9.97 Å². The minimum Gasteiger partial charge on any atom is -0.353 e. The van der Waals surface area contributed by atoms with Crippen molar-refractivity contribution < 1.29 is 0 Å². The average Bonchev–Trinajstić information content (AvgIpc) is 2.17. The lowest BCUT2D eigenvalue weighted by Crippen LogP contribution is -2.09. The van der Waals surface area contributed by atoms with E-state index in [2.05, 4.69) is 35.4 Å². The van der Waals surface area contributed by atoms with Gasteiger partial charge in [0.1, 0.15) is 0 Å². The topological polar surface area (TPSA) is 37.8 Å². The second kappa shape index (κ2) is 5.95. The van der Waals surface area contributed by atoms with Crippen LogP contribution in [-0.2, 0) is 0 Å². The Hall–Kier alpha value is -0.770. The Kier molecular flexibility index (Phi) is 4.88. The normalized spacial score (nSPS) is 10.7. The molecule has 0 saturated carbocycles. The van der Waals surface area contributed by atoms with Crippen LogP contribution in [0.2, 0.25) is 0 Å². The van der Waals surface area contributed by atoms with Gasteiger partial charge in [0.2, 0.25) is 5.95 Å². The minimum absolute atomic E-state index is 0.452. The molecule has 1 rings (SSSR count). The highest BCUT2D eigenvalue weighted by atomic mass is 32.2. The zero-order valence-electron chi connectivity index (χ0n) is 9.87. The standard InChI is InChI=1S/C11H19N3S/c1-8(2)10-7-9(3)13-11(14-10)12-5-6-15-4/h7-8H,5-6H2,1-4H3,(H,12,13,14). The van der Waals surface area contributed by atoms with Crippen molar-refractivity contribution >= 4 is 17.7 Å². The molecule has 0 saturated heterocycles. The fraction of sp³-hybridized carbons (Fsp3) is 0.636. The Labute approximate surface area is 96.1 Å². The molecule has 0 radical (unpaired) electrons. The smallest absolute Gasteiger partial charge is 0.223 e. The van der Waals surface area contributed by atoms with E-state index >= 15 is 0 Å². The number of nitrogens with zero attached hydrogens (tertiary/aromatic N) is 2. The summed E-state index contributed by atoms with van der Waals surface area (Å²) in [4.78, 5) is 8.83. The van der Waals surface area contributed by atoms with Crippen LogP contribution in [0.1, 0.15) is 31.2 Å². The van der Waals surface area contributed by atoms with Crippen molar-refractivity contribution in [2.45, 2.75) is 26.7 Å². The first kappa shape index (κ1) is 12.3. The van der Waals surface area contributed by atoms with Gasteiger partial charge in [-0.3, -0.25) is 0 Å². The Bertz CT molecular complexity index is 313. The Morgan fingerprint density at radius 2 is 2.13 bits per heavy atom. The van der Waals surface area contributed by atoms with Crippen molar-refractivity contribution in [3.8, 4) is 0 Å². The van der Waals surface area contributed by atoms with Gasteiger partial charge in [-0.1, -0.05) is 13.8 Å². The molecule has 1 aromatic heterocycles. The largest absolute Gasteiger partial charge is 0.353 e. The molecule has 1 heterocycles. The lowest BCUT2D eigenvalue weighted by molar-refractivity contribution is 0.809. The molecule has 4 heteroatoms. The van der Waals surface area contributed by atoms with Gasteiger partial charge in [-0.15, -0.1) is 0 Å². The molecular weight excluding hydrogens is 206 g/mol. The molecule has 3 nitrogen and oxygen atoms in total.